The summed E-state index contributed by atoms with van der Waals surface area (Å²) >= 11 is 3.56. The zero-order chi connectivity index (χ0) is 15.0. The highest BCUT2D eigenvalue weighted by atomic mass is 79.9. The van der Waals surface area contributed by atoms with E-state index in [1.165, 1.54) is 0 Å². The molecule has 0 saturated heterocycles. The molecule has 0 aliphatic heterocycles. The van der Waals surface area contributed by atoms with Crippen molar-refractivity contribution in [1.82, 2.24) is 20.1 Å². The second kappa shape index (κ2) is 5.26. The Morgan fingerprint density at radius 1 is 1.43 bits per heavy atom. The van der Waals surface area contributed by atoms with E-state index < -0.39 is 0 Å². The number of likely N-dealkylation sites (N-methyl/N-ethyl adjacent to an activating group) is 1. The van der Waals surface area contributed by atoms with Gasteiger partial charge in [0.1, 0.15) is 5.82 Å². The Morgan fingerprint density at radius 3 is 2.71 bits per heavy atom. The molecule has 5 nitrogen and oxygen atoms in total. The minimum atomic E-state index is -0.375. The number of H-pyrrole nitrogens is 1. The summed E-state index contributed by atoms with van der Waals surface area (Å²) in [7, 11) is 1.81. The third-order valence-electron chi connectivity index (χ3n) is 3.92. The van der Waals surface area contributed by atoms with Crippen LogP contribution in [0.1, 0.15) is 30.1 Å². The topological polar surface area (TPSA) is 61.9 Å². The first-order chi connectivity index (χ1) is 10.0. The molecule has 2 aromatic rings. The molecule has 1 aliphatic rings. The molecule has 0 bridgehead atoms. The summed E-state index contributed by atoms with van der Waals surface area (Å²) in [5.41, 5.74) is 0.702. The van der Waals surface area contributed by atoms with Crippen molar-refractivity contribution in [3.05, 3.63) is 46.0 Å². The van der Waals surface area contributed by atoms with Gasteiger partial charge in [-0.15, -0.1) is 0 Å². The molecule has 6 heteroatoms. The summed E-state index contributed by atoms with van der Waals surface area (Å²) < 4.78 is 0.998. The third-order valence-corrected chi connectivity index (χ3v) is 4.61. The molecule has 1 N–H and O–H groups in total. The minimum Gasteiger partial charge on any atom is -0.337 e. The first kappa shape index (κ1) is 14.3. The first-order valence-electron chi connectivity index (χ1n) is 6.91. The van der Waals surface area contributed by atoms with Gasteiger partial charge >= 0.3 is 0 Å². The fourth-order valence-corrected chi connectivity index (χ4v) is 3.35. The summed E-state index contributed by atoms with van der Waals surface area (Å²) in [4.78, 5) is 18.8. The van der Waals surface area contributed by atoms with Gasteiger partial charge in [0.2, 0.25) is 5.91 Å². The van der Waals surface area contributed by atoms with Gasteiger partial charge in [-0.1, -0.05) is 34.1 Å². The lowest BCUT2D eigenvalue weighted by atomic mass is 9.94. The predicted octanol–water partition coefficient (Wildman–Crippen LogP) is 2.57. The second-order valence-electron chi connectivity index (χ2n) is 5.56. The number of nitrogens with one attached hydrogen (secondary N) is 1. The lowest BCUT2D eigenvalue weighted by Gasteiger charge is -2.23. The Labute approximate surface area is 131 Å². The number of aromatic amines is 1. The van der Waals surface area contributed by atoms with Crippen molar-refractivity contribution in [1.29, 1.82) is 0 Å². The molecule has 1 fully saturated rings. The van der Waals surface area contributed by atoms with Gasteiger partial charge in [-0.05, 0) is 31.4 Å². The van der Waals surface area contributed by atoms with Crippen LogP contribution in [0.3, 0.4) is 0 Å². The van der Waals surface area contributed by atoms with Crippen molar-refractivity contribution in [2.45, 2.75) is 31.7 Å². The molecule has 0 atom stereocenters. The maximum atomic E-state index is 12.8. The van der Waals surface area contributed by atoms with Crippen LogP contribution in [0.4, 0.5) is 0 Å². The molecule has 1 amide bonds. The highest BCUT2D eigenvalue weighted by Crippen LogP contribution is 2.51. The fourth-order valence-electron chi connectivity index (χ4n) is 2.68. The fraction of sp³-hybridized carbons (Fsp3) is 0.400. The number of rotatable bonds is 4. The first-order valence-corrected chi connectivity index (χ1v) is 7.71. The van der Waals surface area contributed by atoms with E-state index in [0.29, 0.717) is 12.4 Å². The van der Waals surface area contributed by atoms with Crippen LogP contribution in [0.15, 0.2) is 28.7 Å². The van der Waals surface area contributed by atoms with Gasteiger partial charge in [0.05, 0.1) is 12.0 Å². The van der Waals surface area contributed by atoms with E-state index in [1.54, 1.807) is 4.90 Å². The number of nitrogens with zero attached hydrogens (tertiary/aromatic N) is 3. The van der Waals surface area contributed by atoms with Crippen LogP contribution in [-0.4, -0.2) is 33.0 Å². The van der Waals surface area contributed by atoms with Crippen molar-refractivity contribution in [2.75, 3.05) is 7.05 Å². The van der Waals surface area contributed by atoms with Crippen LogP contribution >= 0.6 is 15.9 Å². The SMILES string of the molecule is Cc1nc(CN(C)C(=O)C2(c3ccccc3Br)CC2)n[nH]1. The van der Waals surface area contributed by atoms with Crippen LogP contribution in [0.2, 0.25) is 0 Å². The number of carbonyl (C=O) groups excluding carboxylic acids is 1. The smallest absolute Gasteiger partial charge is 0.233 e. The number of carbonyl (C=O) groups is 1. The maximum absolute atomic E-state index is 12.8. The van der Waals surface area contributed by atoms with Gasteiger partial charge in [-0.2, -0.15) is 5.10 Å². The van der Waals surface area contributed by atoms with Crippen LogP contribution in [-0.2, 0) is 16.8 Å². The summed E-state index contributed by atoms with van der Waals surface area (Å²) in [6, 6.07) is 7.96. The van der Waals surface area contributed by atoms with E-state index in [9.17, 15) is 4.79 Å². The Balaban J connectivity index is 1.80. The molecule has 0 radical (unpaired) electrons. The van der Waals surface area contributed by atoms with E-state index in [2.05, 4.69) is 31.1 Å². The van der Waals surface area contributed by atoms with Crippen molar-refractivity contribution in [2.24, 2.45) is 0 Å². The van der Waals surface area contributed by atoms with Crippen LogP contribution in [0.5, 0.6) is 0 Å². The van der Waals surface area contributed by atoms with E-state index in [1.807, 2.05) is 38.2 Å². The van der Waals surface area contributed by atoms with Gasteiger partial charge in [0.15, 0.2) is 5.82 Å². The summed E-state index contributed by atoms with van der Waals surface area (Å²) in [5, 5.41) is 6.89. The minimum absolute atomic E-state index is 0.136. The van der Waals surface area contributed by atoms with Gasteiger partial charge in [-0.3, -0.25) is 9.89 Å². The lowest BCUT2D eigenvalue weighted by Crippen LogP contribution is -2.36. The van der Waals surface area contributed by atoms with Crippen LogP contribution in [0.25, 0.3) is 0 Å². The molecule has 3 rings (SSSR count). The Bertz CT molecular complexity index is 678. The molecule has 1 aliphatic carbocycles. The third kappa shape index (κ3) is 2.60. The average Bonchev–Trinajstić information content (AvgIpc) is 3.17. The van der Waals surface area contributed by atoms with Crippen molar-refractivity contribution < 1.29 is 4.79 Å². The summed E-state index contributed by atoms with van der Waals surface area (Å²) in [5.74, 6) is 1.54. The Kier molecular flexibility index (Phi) is 3.57. The van der Waals surface area contributed by atoms with E-state index in [0.717, 1.165) is 28.7 Å². The molecule has 1 aromatic carbocycles. The second-order valence-corrected chi connectivity index (χ2v) is 6.41. The number of amides is 1. The van der Waals surface area contributed by atoms with Crippen LogP contribution in [0, 0.1) is 6.92 Å². The van der Waals surface area contributed by atoms with Crippen molar-refractivity contribution >= 4 is 21.8 Å². The monoisotopic (exact) mass is 348 g/mol. The number of aromatic nitrogens is 3. The van der Waals surface area contributed by atoms with E-state index in [4.69, 9.17) is 0 Å². The zero-order valence-electron chi connectivity index (χ0n) is 12.1. The van der Waals surface area contributed by atoms with E-state index >= 15 is 0 Å². The summed E-state index contributed by atoms with van der Waals surface area (Å²) in [6.07, 6.45) is 1.79. The maximum Gasteiger partial charge on any atom is 0.233 e. The lowest BCUT2D eigenvalue weighted by molar-refractivity contribution is -0.133. The van der Waals surface area contributed by atoms with Gasteiger partial charge in [0.25, 0.3) is 0 Å². The molecule has 1 aromatic heterocycles. The molecular formula is C15H17BrN4O. The molecule has 110 valence electrons. The van der Waals surface area contributed by atoms with Crippen molar-refractivity contribution in [3.8, 4) is 0 Å². The molecular weight excluding hydrogens is 332 g/mol. The largest absolute Gasteiger partial charge is 0.337 e. The number of halogens is 1. The quantitative estimate of drug-likeness (QED) is 0.923. The average molecular weight is 349 g/mol. The summed E-state index contributed by atoms with van der Waals surface area (Å²) in [6.45, 7) is 2.27. The highest BCUT2D eigenvalue weighted by molar-refractivity contribution is 9.10. The van der Waals surface area contributed by atoms with Gasteiger partial charge in [-0.25, -0.2) is 4.98 Å². The standard InChI is InChI=1S/C15H17BrN4O/c1-10-17-13(19-18-10)9-20(2)14(21)15(7-8-15)11-5-3-4-6-12(11)16/h3-6H,7-9H2,1-2H3,(H,17,18,19). The highest BCUT2D eigenvalue weighted by Gasteiger charge is 2.53. The van der Waals surface area contributed by atoms with Gasteiger partial charge < -0.3 is 4.90 Å². The molecule has 1 saturated carbocycles. The Hall–Kier alpha value is -1.69. The molecule has 0 spiro atoms. The van der Waals surface area contributed by atoms with E-state index in [-0.39, 0.29) is 11.3 Å². The zero-order valence-corrected chi connectivity index (χ0v) is 13.6. The number of hydrogen-bond acceptors (Lipinski definition) is 3. The van der Waals surface area contributed by atoms with Crippen molar-refractivity contribution in [3.63, 3.8) is 0 Å². The van der Waals surface area contributed by atoms with Crippen LogP contribution < -0.4 is 0 Å². The predicted molar refractivity (Wildman–Crippen MR) is 82.6 cm³/mol. The molecule has 0 unspecified atom stereocenters. The number of benzene rings is 1. The number of aryl methyl sites for hydroxylation is 1. The number of hydrogen-bond donors (Lipinski definition) is 1. The molecule has 21 heavy (non-hydrogen) atoms. The van der Waals surface area contributed by atoms with Gasteiger partial charge in [0, 0.05) is 11.5 Å². The normalized spacial score (nSPS) is 15.8. The molecule has 1 heterocycles. The Morgan fingerprint density at radius 2 is 2.14 bits per heavy atom.